The second-order valence-electron chi connectivity index (χ2n) is 4.72. The van der Waals surface area contributed by atoms with Gasteiger partial charge >= 0.3 is 5.97 Å². The zero-order valence-electron chi connectivity index (χ0n) is 11.7. The van der Waals surface area contributed by atoms with Crippen LogP contribution in [0.4, 0.5) is 5.69 Å². The molecule has 0 fully saturated rings. The minimum atomic E-state index is -0.855. The van der Waals surface area contributed by atoms with Gasteiger partial charge in [0, 0.05) is 17.7 Å². The first-order chi connectivity index (χ1) is 9.62. The number of methoxy groups -OCH3 is 1. The van der Waals surface area contributed by atoms with Crippen LogP contribution in [0.5, 0.6) is 5.75 Å². The van der Waals surface area contributed by atoms with Crippen LogP contribution in [0.1, 0.15) is 18.4 Å². The number of benzene rings is 1. The molecule has 2 unspecified atom stereocenters. The van der Waals surface area contributed by atoms with Crippen molar-refractivity contribution in [2.75, 3.05) is 18.6 Å². The Morgan fingerprint density at radius 2 is 2.30 bits per heavy atom. The standard InChI is InChI=1S/C16H19NO3/c1-4-6-12-13-8-7-11(20-3)9-15(13)17(10-16(18)19)14(12)5-2/h4-9,12,14H,2,10H2,1,3H3,(H,18,19)/b6-4-. The van der Waals surface area contributed by atoms with Crippen molar-refractivity contribution in [1.82, 2.24) is 0 Å². The molecule has 4 nitrogen and oxygen atoms in total. The molecule has 0 radical (unpaired) electrons. The Morgan fingerprint density at radius 1 is 1.55 bits per heavy atom. The van der Waals surface area contributed by atoms with Gasteiger partial charge in [-0.15, -0.1) is 6.58 Å². The van der Waals surface area contributed by atoms with Crippen LogP contribution in [0.2, 0.25) is 0 Å². The van der Waals surface area contributed by atoms with Gasteiger partial charge in [-0.1, -0.05) is 24.3 Å². The van der Waals surface area contributed by atoms with Gasteiger partial charge in [-0.25, -0.2) is 0 Å². The number of carbonyl (C=O) groups is 1. The number of hydrogen-bond donors (Lipinski definition) is 1. The van der Waals surface area contributed by atoms with Crippen LogP contribution in [-0.2, 0) is 4.79 Å². The molecule has 2 rings (SSSR count). The van der Waals surface area contributed by atoms with Crippen molar-refractivity contribution >= 4 is 11.7 Å². The Kier molecular flexibility index (Phi) is 4.13. The third-order valence-electron chi connectivity index (χ3n) is 3.58. The van der Waals surface area contributed by atoms with Crippen molar-refractivity contribution in [3.63, 3.8) is 0 Å². The molecule has 0 bridgehead atoms. The topological polar surface area (TPSA) is 49.8 Å². The summed E-state index contributed by atoms with van der Waals surface area (Å²) in [5.74, 6) is -0.00687. The van der Waals surface area contributed by atoms with E-state index in [-0.39, 0.29) is 18.5 Å². The Morgan fingerprint density at radius 3 is 2.85 bits per heavy atom. The molecule has 0 aliphatic carbocycles. The lowest BCUT2D eigenvalue weighted by atomic mass is 9.94. The number of carboxylic acid groups (broad SMARTS) is 1. The highest BCUT2D eigenvalue weighted by Crippen LogP contribution is 2.43. The number of allylic oxidation sites excluding steroid dienone is 1. The number of aliphatic carboxylic acids is 1. The number of rotatable bonds is 5. The van der Waals surface area contributed by atoms with E-state index in [0.29, 0.717) is 0 Å². The molecule has 106 valence electrons. The molecule has 20 heavy (non-hydrogen) atoms. The molecule has 1 aromatic rings. The van der Waals surface area contributed by atoms with Gasteiger partial charge in [-0.05, 0) is 18.6 Å². The summed E-state index contributed by atoms with van der Waals surface area (Å²) >= 11 is 0. The predicted molar refractivity (Wildman–Crippen MR) is 79.5 cm³/mol. The highest BCUT2D eigenvalue weighted by atomic mass is 16.5. The van der Waals surface area contributed by atoms with Crippen LogP contribution in [0.15, 0.2) is 43.0 Å². The summed E-state index contributed by atoms with van der Waals surface area (Å²) in [5.41, 5.74) is 2.01. The molecular weight excluding hydrogens is 254 g/mol. The van der Waals surface area contributed by atoms with Crippen LogP contribution in [0, 0.1) is 0 Å². The Hall–Kier alpha value is -2.23. The van der Waals surface area contributed by atoms with Crippen LogP contribution >= 0.6 is 0 Å². The Labute approximate surface area is 119 Å². The fourth-order valence-electron chi connectivity index (χ4n) is 2.75. The number of carboxylic acids is 1. The molecule has 4 heteroatoms. The quantitative estimate of drug-likeness (QED) is 0.838. The van der Waals surface area contributed by atoms with Crippen molar-refractivity contribution in [3.8, 4) is 5.75 Å². The van der Waals surface area contributed by atoms with E-state index in [1.807, 2.05) is 36.1 Å². The monoisotopic (exact) mass is 273 g/mol. The second kappa shape index (κ2) is 5.82. The largest absolute Gasteiger partial charge is 0.497 e. The van der Waals surface area contributed by atoms with Gasteiger partial charge in [0.15, 0.2) is 0 Å². The number of ether oxygens (including phenoxy) is 1. The van der Waals surface area contributed by atoms with E-state index >= 15 is 0 Å². The first-order valence-electron chi connectivity index (χ1n) is 6.54. The summed E-state index contributed by atoms with van der Waals surface area (Å²) in [5, 5.41) is 9.13. The zero-order valence-corrected chi connectivity index (χ0v) is 11.7. The van der Waals surface area contributed by atoms with E-state index in [1.54, 1.807) is 13.2 Å². The van der Waals surface area contributed by atoms with E-state index < -0.39 is 5.97 Å². The van der Waals surface area contributed by atoms with Crippen molar-refractivity contribution in [2.45, 2.75) is 18.9 Å². The zero-order chi connectivity index (χ0) is 14.7. The van der Waals surface area contributed by atoms with E-state index in [9.17, 15) is 4.79 Å². The summed E-state index contributed by atoms with van der Waals surface area (Å²) < 4.78 is 5.24. The lowest BCUT2D eigenvalue weighted by molar-refractivity contribution is -0.135. The Balaban J connectivity index is 2.52. The molecule has 0 amide bonds. The van der Waals surface area contributed by atoms with Gasteiger partial charge in [0.2, 0.25) is 0 Å². The van der Waals surface area contributed by atoms with Crippen molar-refractivity contribution < 1.29 is 14.6 Å². The van der Waals surface area contributed by atoms with E-state index in [4.69, 9.17) is 9.84 Å². The maximum atomic E-state index is 11.1. The lowest BCUT2D eigenvalue weighted by Crippen LogP contribution is -2.36. The third-order valence-corrected chi connectivity index (χ3v) is 3.58. The third kappa shape index (κ3) is 2.41. The first-order valence-corrected chi connectivity index (χ1v) is 6.54. The van der Waals surface area contributed by atoms with Crippen LogP contribution in [0.3, 0.4) is 0 Å². The minimum absolute atomic E-state index is 0.0507. The summed E-state index contributed by atoms with van der Waals surface area (Å²) in [6, 6.07) is 5.74. The van der Waals surface area contributed by atoms with Crippen molar-refractivity contribution in [3.05, 3.63) is 48.6 Å². The average molecular weight is 273 g/mol. The maximum Gasteiger partial charge on any atom is 0.323 e. The van der Waals surface area contributed by atoms with E-state index in [1.165, 1.54) is 0 Å². The summed E-state index contributed by atoms with van der Waals surface area (Å²) in [7, 11) is 1.60. The van der Waals surface area contributed by atoms with Gasteiger partial charge in [0.05, 0.1) is 13.2 Å². The molecule has 0 saturated carbocycles. The maximum absolute atomic E-state index is 11.1. The molecule has 1 aliphatic heterocycles. The average Bonchev–Trinajstić information content (AvgIpc) is 2.71. The fraction of sp³-hybridized carbons (Fsp3) is 0.312. The smallest absolute Gasteiger partial charge is 0.323 e. The highest BCUT2D eigenvalue weighted by molar-refractivity contribution is 5.78. The van der Waals surface area contributed by atoms with Crippen molar-refractivity contribution in [1.29, 1.82) is 0 Å². The number of fused-ring (bicyclic) bond motifs is 1. The SMILES string of the molecule is C=CC1C(/C=C\C)c2ccc(OC)cc2N1CC(=O)O. The molecule has 0 saturated heterocycles. The fourth-order valence-corrected chi connectivity index (χ4v) is 2.75. The van der Waals surface area contributed by atoms with Crippen LogP contribution < -0.4 is 9.64 Å². The number of anilines is 1. The number of nitrogens with zero attached hydrogens (tertiary/aromatic N) is 1. The highest BCUT2D eigenvalue weighted by Gasteiger charge is 2.36. The molecular formula is C16H19NO3. The van der Waals surface area contributed by atoms with Crippen LogP contribution in [-0.4, -0.2) is 30.8 Å². The van der Waals surface area contributed by atoms with Gasteiger partial charge < -0.3 is 14.7 Å². The second-order valence-corrected chi connectivity index (χ2v) is 4.72. The van der Waals surface area contributed by atoms with Gasteiger partial charge in [0.1, 0.15) is 12.3 Å². The summed E-state index contributed by atoms with van der Waals surface area (Å²) in [4.78, 5) is 13.0. The van der Waals surface area contributed by atoms with Crippen LogP contribution in [0.25, 0.3) is 0 Å². The molecule has 1 N–H and O–H groups in total. The van der Waals surface area contributed by atoms with Gasteiger partial charge in [0.25, 0.3) is 0 Å². The number of hydrogen-bond acceptors (Lipinski definition) is 3. The molecule has 1 heterocycles. The predicted octanol–water partition coefficient (Wildman–Crippen LogP) is 2.81. The molecule has 0 aromatic heterocycles. The summed E-state index contributed by atoms with van der Waals surface area (Å²) in [6.45, 7) is 5.77. The first kappa shape index (κ1) is 14.2. The van der Waals surface area contributed by atoms with Crippen molar-refractivity contribution in [2.24, 2.45) is 0 Å². The molecule has 1 aromatic carbocycles. The lowest BCUT2D eigenvalue weighted by Gasteiger charge is -2.25. The van der Waals surface area contributed by atoms with E-state index in [2.05, 4.69) is 12.7 Å². The molecule has 1 aliphatic rings. The molecule has 2 atom stereocenters. The van der Waals surface area contributed by atoms with Gasteiger partial charge in [-0.2, -0.15) is 0 Å². The Bertz CT molecular complexity index is 551. The van der Waals surface area contributed by atoms with E-state index in [0.717, 1.165) is 17.0 Å². The molecule has 0 spiro atoms. The van der Waals surface area contributed by atoms with Gasteiger partial charge in [-0.3, -0.25) is 4.79 Å². The normalized spacial score (nSPS) is 21.0. The summed E-state index contributed by atoms with van der Waals surface area (Å²) in [6.07, 6.45) is 5.87. The minimum Gasteiger partial charge on any atom is -0.497 e.